The van der Waals surface area contributed by atoms with Crippen LogP contribution in [0.3, 0.4) is 0 Å². The van der Waals surface area contributed by atoms with Crippen LogP contribution in [0.5, 0.6) is 0 Å². The van der Waals surface area contributed by atoms with Gasteiger partial charge in [0, 0.05) is 29.3 Å². The Morgan fingerprint density at radius 1 is 1.47 bits per heavy atom. The Labute approximate surface area is 111 Å². The van der Waals surface area contributed by atoms with Gasteiger partial charge in [-0.1, -0.05) is 0 Å². The molecule has 1 aliphatic heterocycles. The smallest absolute Gasteiger partial charge is 0.100 e. The van der Waals surface area contributed by atoms with Crippen molar-refractivity contribution in [3.63, 3.8) is 0 Å². The number of rotatable bonds is 2. The molecule has 0 spiro atoms. The van der Waals surface area contributed by atoms with E-state index in [2.05, 4.69) is 45.9 Å². The predicted molar refractivity (Wildman–Crippen MR) is 73.2 cm³/mol. The summed E-state index contributed by atoms with van der Waals surface area (Å²) in [6.07, 6.45) is 1.20. The standard InChI is InChI=1S/C13H16BrN3/c1-16(2)12-5-6-17(9-12)11-4-3-10(8-15)13(14)7-11/h3-4,7,12H,5-6,9H2,1-2H3. The van der Waals surface area contributed by atoms with Crippen molar-refractivity contribution in [2.75, 3.05) is 32.1 Å². The van der Waals surface area contributed by atoms with E-state index in [1.165, 1.54) is 12.1 Å². The second-order valence-electron chi connectivity index (χ2n) is 4.63. The minimum atomic E-state index is 0.629. The zero-order valence-electron chi connectivity index (χ0n) is 10.2. The molecule has 1 aliphatic rings. The fourth-order valence-electron chi connectivity index (χ4n) is 2.19. The maximum absolute atomic E-state index is 8.89. The summed E-state index contributed by atoms with van der Waals surface area (Å²) >= 11 is 3.44. The van der Waals surface area contributed by atoms with Crippen LogP contribution in [0.15, 0.2) is 22.7 Å². The molecule has 1 heterocycles. The predicted octanol–water partition coefficient (Wildman–Crippen LogP) is 2.46. The van der Waals surface area contributed by atoms with Crippen molar-refractivity contribution in [1.82, 2.24) is 4.90 Å². The van der Waals surface area contributed by atoms with Crippen molar-refractivity contribution in [2.24, 2.45) is 0 Å². The van der Waals surface area contributed by atoms with Crippen LogP contribution in [0, 0.1) is 11.3 Å². The Bertz CT molecular complexity index is 450. The number of hydrogen-bond donors (Lipinski definition) is 0. The third-order valence-corrected chi connectivity index (χ3v) is 3.99. The molecule has 0 amide bonds. The monoisotopic (exact) mass is 293 g/mol. The molecule has 1 aromatic carbocycles. The van der Waals surface area contributed by atoms with E-state index in [1.807, 2.05) is 18.2 Å². The summed E-state index contributed by atoms with van der Waals surface area (Å²) in [5.41, 5.74) is 1.89. The highest BCUT2D eigenvalue weighted by Crippen LogP contribution is 2.27. The Morgan fingerprint density at radius 3 is 2.76 bits per heavy atom. The van der Waals surface area contributed by atoms with Gasteiger partial charge in [-0.05, 0) is 54.6 Å². The van der Waals surface area contributed by atoms with Crippen LogP contribution < -0.4 is 4.90 Å². The van der Waals surface area contributed by atoms with Crippen LogP contribution in [-0.4, -0.2) is 38.1 Å². The first-order valence-corrected chi connectivity index (χ1v) is 6.52. The van der Waals surface area contributed by atoms with E-state index in [0.29, 0.717) is 11.6 Å². The molecule has 1 atom stereocenters. The first-order valence-electron chi connectivity index (χ1n) is 5.73. The molecule has 0 bridgehead atoms. The second-order valence-corrected chi connectivity index (χ2v) is 5.48. The minimum absolute atomic E-state index is 0.629. The van der Waals surface area contributed by atoms with Crippen LogP contribution in [0.25, 0.3) is 0 Å². The molecule has 0 radical (unpaired) electrons. The van der Waals surface area contributed by atoms with E-state index in [0.717, 1.165) is 17.6 Å². The van der Waals surface area contributed by atoms with Gasteiger partial charge in [0.1, 0.15) is 6.07 Å². The molecule has 0 aromatic heterocycles. The summed E-state index contributed by atoms with van der Waals surface area (Å²) < 4.78 is 0.880. The highest BCUT2D eigenvalue weighted by atomic mass is 79.9. The molecule has 0 N–H and O–H groups in total. The number of hydrogen-bond acceptors (Lipinski definition) is 3. The van der Waals surface area contributed by atoms with Crippen molar-refractivity contribution in [2.45, 2.75) is 12.5 Å². The zero-order chi connectivity index (χ0) is 12.4. The van der Waals surface area contributed by atoms with Gasteiger partial charge in [-0.25, -0.2) is 0 Å². The molecule has 1 saturated heterocycles. The lowest BCUT2D eigenvalue weighted by atomic mass is 10.2. The van der Waals surface area contributed by atoms with Gasteiger partial charge in [0.05, 0.1) is 5.56 Å². The van der Waals surface area contributed by atoms with Gasteiger partial charge in [0.15, 0.2) is 0 Å². The van der Waals surface area contributed by atoms with E-state index in [-0.39, 0.29) is 0 Å². The lowest BCUT2D eigenvalue weighted by Crippen LogP contribution is -2.31. The average Bonchev–Trinajstić information content (AvgIpc) is 2.78. The quantitative estimate of drug-likeness (QED) is 0.839. The Balaban J connectivity index is 2.15. The summed E-state index contributed by atoms with van der Waals surface area (Å²) in [7, 11) is 4.26. The summed E-state index contributed by atoms with van der Waals surface area (Å²) in [6.45, 7) is 2.15. The van der Waals surface area contributed by atoms with E-state index in [1.54, 1.807) is 0 Å². The largest absolute Gasteiger partial charge is 0.370 e. The lowest BCUT2D eigenvalue weighted by Gasteiger charge is -2.22. The summed E-state index contributed by atoms with van der Waals surface area (Å²) in [5, 5.41) is 8.89. The molecule has 1 aromatic rings. The number of likely N-dealkylation sites (N-methyl/N-ethyl adjacent to an activating group) is 1. The van der Waals surface area contributed by atoms with Crippen LogP contribution in [0.4, 0.5) is 5.69 Å². The molecule has 2 rings (SSSR count). The number of benzene rings is 1. The molecule has 3 nitrogen and oxygen atoms in total. The highest BCUT2D eigenvalue weighted by Gasteiger charge is 2.24. The van der Waals surface area contributed by atoms with Crippen LogP contribution in [0.1, 0.15) is 12.0 Å². The van der Waals surface area contributed by atoms with E-state index >= 15 is 0 Å². The van der Waals surface area contributed by atoms with Crippen molar-refractivity contribution >= 4 is 21.6 Å². The molecule has 1 fully saturated rings. The third-order valence-electron chi connectivity index (χ3n) is 3.33. The summed E-state index contributed by atoms with van der Waals surface area (Å²) in [6, 6.07) is 8.74. The molecule has 1 unspecified atom stereocenters. The molecule has 17 heavy (non-hydrogen) atoms. The van der Waals surface area contributed by atoms with Crippen LogP contribution in [0.2, 0.25) is 0 Å². The summed E-state index contributed by atoms with van der Waals surface area (Å²) in [5.74, 6) is 0. The highest BCUT2D eigenvalue weighted by molar-refractivity contribution is 9.10. The van der Waals surface area contributed by atoms with Crippen LogP contribution in [-0.2, 0) is 0 Å². The molecule has 90 valence electrons. The summed E-state index contributed by atoms with van der Waals surface area (Å²) in [4.78, 5) is 4.65. The van der Waals surface area contributed by atoms with Crippen molar-refractivity contribution < 1.29 is 0 Å². The van der Waals surface area contributed by atoms with Gasteiger partial charge in [-0.15, -0.1) is 0 Å². The fourth-order valence-corrected chi connectivity index (χ4v) is 2.64. The number of anilines is 1. The Kier molecular flexibility index (Phi) is 3.70. The number of nitriles is 1. The fraction of sp³-hybridized carbons (Fsp3) is 0.462. The SMILES string of the molecule is CN(C)C1CCN(c2ccc(C#N)c(Br)c2)C1. The topological polar surface area (TPSA) is 30.3 Å². The van der Waals surface area contributed by atoms with Crippen molar-refractivity contribution in [3.8, 4) is 6.07 Å². The number of nitrogens with zero attached hydrogens (tertiary/aromatic N) is 3. The van der Waals surface area contributed by atoms with E-state index < -0.39 is 0 Å². The molecule has 4 heteroatoms. The van der Waals surface area contributed by atoms with Gasteiger partial charge in [-0.3, -0.25) is 0 Å². The second kappa shape index (κ2) is 5.07. The van der Waals surface area contributed by atoms with Gasteiger partial charge in [0.2, 0.25) is 0 Å². The van der Waals surface area contributed by atoms with Crippen molar-refractivity contribution in [1.29, 1.82) is 5.26 Å². The molecular formula is C13H16BrN3. The van der Waals surface area contributed by atoms with E-state index in [4.69, 9.17) is 5.26 Å². The first-order chi connectivity index (χ1) is 8.11. The average molecular weight is 294 g/mol. The first kappa shape index (κ1) is 12.4. The van der Waals surface area contributed by atoms with Gasteiger partial charge in [0.25, 0.3) is 0 Å². The number of halogens is 1. The van der Waals surface area contributed by atoms with Gasteiger partial charge < -0.3 is 9.80 Å². The molecule has 0 aliphatic carbocycles. The Morgan fingerprint density at radius 2 is 2.24 bits per heavy atom. The normalized spacial score (nSPS) is 19.7. The zero-order valence-corrected chi connectivity index (χ0v) is 11.7. The molecular weight excluding hydrogens is 278 g/mol. The van der Waals surface area contributed by atoms with E-state index in [9.17, 15) is 0 Å². The van der Waals surface area contributed by atoms with Gasteiger partial charge >= 0.3 is 0 Å². The lowest BCUT2D eigenvalue weighted by molar-refractivity contribution is 0.315. The minimum Gasteiger partial charge on any atom is -0.370 e. The maximum Gasteiger partial charge on any atom is 0.100 e. The van der Waals surface area contributed by atoms with Crippen molar-refractivity contribution in [3.05, 3.63) is 28.2 Å². The third kappa shape index (κ3) is 2.62. The van der Waals surface area contributed by atoms with Gasteiger partial charge in [-0.2, -0.15) is 5.26 Å². The molecule has 0 saturated carbocycles. The maximum atomic E-state index is 8.89. The van der Waals surface area contributed by atoms with Crippen LogP contribution >= 0.6 is 15.9 Å². The Hall–Kier alpha value is -1.05.